The Balaban J connectivity index is 1.57. The molecule has 8 nitrogen and oxygen atoms in total. The second-order valence-corrected chi connectivity index (χ2v) is 7.97. The van der Waals surface area contributed by atoms with E-state index in [0.717, 1.165) is 21.4 Å². The highest BCUT2D eigenvalue weighted by Crippen LogP contribution is 2.28. The van der Waals surface area contributed by atoms with E-state index in [2.05, 4.69) is 20.3 Å². The largest absolute Gasteiger partial charge is 0.328 e. The minimum Gasteiger partial charge on any atom is -0.307 e. The maximum absolute atomic E-state index is 12.6. The van der Waals surface area contributed by atoms with Crippen LogP contribution in [0, 0.1) is 6.92 Å². The molecule has 0 radical (unpaired) electrons. The van der Waals surface area contributed by atoms with Crippen molar-refractivity contribution in [3.63, 3.8) is 0 Å². The number of nitrogens with one attached hydrogen (secondary N) is 2. The van der Waals surface area contributed by atoms with Crippen LogP contribution in [0.2, 0.25) is 5.02 Å². The molecular weight excluding hydrogens is 426 g/mol. The van der Waals surface area contributed by atoms with Crippen molar-refractivity contribution in [3.8, 4) is 11.3 Å². The molecule has 0 spiro atoms. The van der Waals surface area contributed by atoms with Crippen molar-refractivity contribution in [2.75, 3.05) is 5.32 Å². The molecule has 3 heterocycles. The zero-order valence-corrected chi connectivity index (χ0v) is 17.6. The van der Waals surface area contributed by atoms with Gasteiger partial charge in [-0.1, -0.05) is 17.7 Å². The van der Waals surface area contributed by atoms with Crippen molar-refractivity contribution < 1.29 is 4.79 Å². The van der Waals surface area contributed by atoms with E-state index in [-0.39, 0.29) is 23.4 Å². The minimum absolute atomic E-state index is 0.131. The molecule has 0 aliphatic heterocycles. The molecule has 2 N–H and O–H groups in total. The van der Waals surface area contributed by atoms with Gasteiger partial charge in [0.1, 0.15) is 0 Å². The molecule has 0 aliphatic carbocycles. The molecule has 0 bridgehead atoms. The van der Waals surface area contributed by atoms with Gasteiger partial charge in [0.25, 0.3) is 5.56 Å². The van der Waals surface area contributed by atoms with Crippen LogP contribution in [0.5, 0.6) is 0 Å². The summed E-state index contributed by atoms with van der Waals surface area (Å²) in [6.45, 7) is 1.91. The number of carbonyl (C=O) groups is 1. The summed E-state index contributed by atoms with van der Waals surface area (Å²) >= 11 is 7.36. The summed E-state index contributed by atoms with van der Waals surface area (Å²) in [6.07, 6.45) is 1.32. The second-order valence-electron chi connectivity index (χ2n) is 6.70. The van der Waals surface area contributed by atoms with Gasteiger partial charge < -0.3 is 10.3 Å². The van der Waals surface area contributed by atoms with Gasteiger partial charge in [0.05, 0.1) is 28.7 Å². The van der Waals surface area contributed by atoms with Gasteiger partial charge in [0.15, 0.2) is 5.13 Å². The van der Waals surface area contributed by atoms with E-state index in [1.165, 1.54) is 30.6 Å². The van der Waals surface area contributed by atoms with Gasteiger partial charge in [0, 0.05) is 29.2 Å². The van der Waals surface area contributed by atoms with Gasteiger partial charge in [-0.15, -0.1) is 11.3 Å². The summed E-state index contributed by atoms with van der Waals surface area (Å²) in [5.41, 5.74) is 2.17. The molecule has 0 fully saturated rings. The Morgan fingerprint density at radius 3 is 2.87 bits per heavy atom. The van der Waals surface area contributed by atoms with Crippen LogP contribution in [0.3, 0.4) is 0 Å². The van der Waals surface area contributed by atoms with Gasteiger partial charge in [-0.3, -0.25) is 19.1 Å². The van der Waals surface area contributed by atoms with Crippen LogP contribution < -0.4 is 16.6 Å². The quantitative estimate of drug-likeness (QED) is 0.506. The van der Waals surface area contributed by atoms with Crippen LogP contribution in [-0.4, -0.2) is 25.4 Å². The van der Waals surface area contributed by atoms with Crippen molar-refractivity contribution in [3.05, 3.63) is 73.0 Å². The maximum atomic E-state index is 12.6. The molecular formula is C20H16ClN5O3S. The highest BCUT2D eigenvalue weighted by Gasteiger charge is 2.15. The fraction of sp³-hybridized carbons (Fsp3) is 0.150. The number of benzene rings is 1. The minimum atomic E-state index is -0.526. The molecule has 0 atom stereocenters. The number of aromatic amines is 1. The number of pyridine rings is 1. The molecule has 30 heavy (non-hydrogen) atoms. The van der Waals surface area contributed by atoms with Crippen LogP contribution in [0.4, 0.5) is 5.13 Å². The Labute approximate surface area is 179 Å². The Morgan fingerprint density at radius 2 is 2.10 bits per heavy atom. The molecule has 152 valence electrons. The summed E-state index contributed by atoms with van der Waals surface area (Å²) < 4.78 is 0.951. The maximum Gasteiger partial charge on any atom is 0.328 e. The zero-order valence-electron chi connectivity index (χ0n) is 16.0. The summed E-state index contributed by atoms with van der Waals surface area (Å²) in [7, 11) is 1.37. The third kappa shape index (κ3) is 3.77. The summed E-state index contributed by atoms with van der Waals surface area (Å²) in [5, 5.41) is 5.91. The van der Waals surface area contributed by atoms with Gasteiger partial charge in [-0.05, 0) is 30.7 Å². The summed E-state index contributed by atoms with van der Waals surface area (Å²) in [4.78, 5) is 48.0. The van der Waals surface area contributed by atoms with Crippen molar-refractivity contribution in [2.45, 2.75) is 13.3 Å². The van der Waals surface area contributed by atoms with Crippen LogP contribution in [0.1, 0.15) is 11.3 Å². The van der Waals surface area contributed by atoms with Crippen LogP contribution in [0.15, 0.2) is 45.4 Å². The Morgan fingerprint density at radius 1 is 1.30 bits per heavy atom. The molecule has 0 saturated heterocycles. The predicted molar refractivity (Wildman–Crippen MR) is 117 cm³/mol. The number of hydrogen-bond donors (Lipinski definition) is 2. The topological polar surface area (TPSA) is 110 Å². The number of hydrogen-bond acceptors (Lipinski definition) is 6. The molecule has 3 aromatic heterocycles. The Kier molecular flexibility index (Phi) is 5.23. The number of amides is 1. The van der Waals surface area contributed by atoms with Crippen molar-refractivity contribution in [1.29, 1.82) is 0 Å². The van der Waals surface area contributed by atoms with E-state index in [1.54, 1.807) is 6.07 Å². The van der Waals surface area contributed by atoms with E-state index < -0.39 is 11.2 Å². The van der Waals surface area contributed by atoms with Gasteiger partial charge in [-0.2, -0.15) is 0 Å². The lowest BCUT2D eigenvalue weighted by Gasteiger charge is -2.06. The first kappa shape index (κ1) is 20.0. The lowest BCUT2D eigenvalue weighted by molar-refractivity contribution is -0.115. The summed E-state index contributed by atoms with van der Waals surface area (Å²) in [6, 6.07) is 7.13. The second kappa shape index (κ2) is 7.85. The fourth-order valence-electron chi connectivity index (χ4n) is 3.02. The zero-order chi connectivity index (χ0) is 21.4. The van der Waals surface area contributed by atoms with Crippen LogP contribution in [-0.2, 0) is 18.3 Å². The average molecular weight is 442 g/mol. The number of halogens is 1. The number of thiazole rings is 1. The number of aromatic nitrogens is 4. The average Bonchev–Trinajstić information content (AvgIpc) is 3.16. The third-order valence-electron chi connectivity index (χ3n) is 4.63. The number of carbonyl (C=O) groups excluding carboxylic acids is 1. The predicted octanol–water partition coefficient (Wildman–Crippen LogP) is 2.89. The van der Waals surface area contributed by atoms with Crippen molar-refractivity contribution in [2.24, 2.45) is 7.05 Å². The first-order chi connectivity index (χ1) is 14.3. The molecule has 1 aromatic carbocycles. The standard InChI is InChI=1S/C20H16ClN5O3S/c1-10-7-11(3-4-12(10)21)15-9-30-19(23-15)25-16(27)8-14-17-13(5-6-22-14)24-20(29)26(2)18(17)28/h3-7,9H,8H2,1-2H3,(H,24,29)(H,23,25,27). The van der Waals surface area contributed by atoms with Crippen LogP contribution in [0.25, 0.3) is 22.2 Å². The third-order valence-corrected chi connectivity index (χ3v) is 5.81. The lowest BCUT2D eigenvalue weighted by atomic mass is 10.1. The molecule has 10 heteroatoms. The number of anilines is 1. The smallest absolute Gasteiger partial charge is 0.307 e. The highest BCUT2D eigenvalue weighted by atomic mass is 35.5. The van der Waals surface area contributed by atoms with E-state index in [0.29, 0.717) is 15.7 Å². The van der Waals surface area contributed by atoms with Crippen molar-refractivity contribution in [1.82, 2.24) is 19.5 Å². The van der Waals surface area contributed by atoms with Crippen LogP contribution >= 0.6 is 22.9 Å². The summed E-state index contributed by atoms with van der Waals surface area (Å²) in [5.74, 6) is -0.364. The van der Waals surface area contributed by atoms with E-state index in [1.807, 2.05) is 24.4 Å². The molecule has 1 amide bonds. The molecule has 4 rings (SSSR count). The fourth-order valence-corrected chi connectivity index (χ4v) is 3.88. The Hall–Kier alpha value is -3.30. The Bertz CT molecular complexity index is 1410. The monoisotopic (exact) mass is 441 g/mol. The number of H-pyrrole nitrogens is 1. The normalized spacial score (nSPS) is 11.0. The first-order valence-corrected chi connectivity index (χ1v) is 10.2. The van der Waals surface area contributed by atoms with Gasteiger partial charge >= 0.3 is 5.69 Å². The van der Waals surface area contributed by atoms with Gasteiger partial charge in [-0.25, -0.2) is 9.78 Å². The van der Waals surface area contributed by atoms with E-state index in [4.69, 9.17) is 11.6 Å². The van der Waals surface area contributed by atoms with E-state index in [9.17, 15) is 14.4 Å². The SMILES string of the molecule is Cc1cc(-c2csc(NC(=O)Cc3nccc4[nH]c(=O)n(C)c(=O)c34)n2)ccc1Cl. The molecule has 0 unspecified atom stereocenters. The number of rotatable bonds is 4. The number of aryl methyl sites for hydroxylation is 1. The number of fused-ring (bicyclic) bond motifs is 1. The van der Waals surface area contributed by atoms with Gasteiger partial charge in [0.2, 0.25) is 5.91 Å². The van der Waals surface area contributed by atoms with Crippen molar-refractivity contribution >= 4 is 44.9 Å². The molecule has 4 aromatic rings. The van der Waals surface area contributed by atoms with E-state index >= 15 is 0 Å². The molecule has 0 aliphatic rings. The lowest BCUT2D eigenvalue weighted by Crippen LogP contribution is -2.33. The highest BCUT2D eigenvalue weighted by molar-refractivity contribution is 7.14. The number of nitrogens with zero attached hydrogens (tertiary/aromatic N) is 3. The first-order valence-electron chi connectivity index (χ1n) is 8.92. The molecule has 0 saturated carbocycles.